The number of cyclic esters (lactones) is 1. The summed E-state index contributed by atoms with van der Waals surface area (Å²) >= 11 is 0. The average molecular weight is 142 g/mol. The minimum absolute atomic E-state index is 0.107. The molecule has 0 aromatic heterocycles. The Morgan fingerprint density at radius 1 is 1.80 bits per heavy atom. The summed E-state index contributed by atoms with van der Waals surface area (Å²) in [6, 6.07) is 0. The van der Waals surface area contributed by atoms with E-state index < -0.39 is 6.10 Å². The topological polar surface area (TPSA) is 46.5 Å². The largest absolute Gasteiger partial charge is 0.463 e. The summed E-state index contributed by atoms with van der Waals surface area (Å²) in [6.07, 6.45) is 1.28. The predicted molar refractivity (Wildman–Crippen MR) is 35.3 cm³/mol. The Morgan fingerprint density at radius 2 is 2.50 bits per heavy atom. The first-order valence-corrected chi connectivity index (χ1v) is 3.20. The molecule has 56 valence electrons. The van der Waals surface area contributed by atoms with Crippen LogP contribution in [0.3, 0.4) is 0 Å². The van der Waals surface area contributed by atoms with Crippen LogP contribution in [-0.4, -0.2) is 23.8 Å². The molecule has 1 rings (SSSR count). The Bertz CT molecular complexity index is 153. The second-order valence-corrected chi connectivity index (χ2v) is 2.35. The highest BCUT2D eigenvalue weighted by Crippen LogP contribution is 2.16. The standard InChI is InChI=1S/C7H10O3/c1-2-5-3-7(9)10-4-6(5)8/h2,5-6,8H,1,3-4H2. The molecule has 2 atom stereocenters. The summed E-state index contributed by atoms with van der Waals surface area (Å²) in [5.41, 5.74) is 0. The number of rotatable bonds is 1. The molecule has 1 N–H and O–H groups in total. The molecule has 0 bridgehead atoms. The van der Waals surface area contributed by atoms with Gasteiger partial charge in [-0.1, -0.05) is 6.08 Å². The van der Waals surface area contributed by atoms with Gasteiger partial charge in [0.05, 0.1) is 12.5 Å². The maximum atomic E-state index is 10.6. The molecule has 0 saturated carbocycles. The van der Waals surface area contributed by atoms with E-state index in [1.54, 1.807) is 6.08 Å². The van der Waals surface area contributed by atoms with Crippen LogP contribution in [0.2, 0.25) is 0 Å². The zero-order chi connectivity index (χ0) is 7.56. The number of hydrogen-bond donors (Lipinski definition) is 1. The lowest BCUT2D eigenvalue weighted by molar-refractivity contribution is -0.155. The second kappa shape index (κ2) is 2.84. The number of ether oxygens (including phenoxy) is 1. The number of aliphatic hydroxyl groups excluding tert-OH is 1. The van der Waals surface area contributed by atoms with Crippen molar-refractivity contribution in [3.63, 3.8) is 0 Å². The molecule has 3 heteroatoms. The fourth-order valence-corrected chi connectivity index (χ4v) is 0.930. The van der Waals surface area contributed by atoms with Gasteiger partial charge in [-0.25, -0.2) is 0 Å². The van der Waals surface area contributed by atoms with Gasteiger partial charge >= 0.3 is 5.97 Å². The highest BCUT2D eigenvalue weighted by atomic mass is 16.5. The van der Waals surface area contributed by atoms with Gasteiger partial charge in [0.15, 0.2) is 0 Å². The highest BCUT2D eigenvalue weighted by Gasteiger charge is 2.26. The van der Waals surface area contributed by atoms with Crippen molar-refractivity contribution < 1.29 is 14.6 Å². The van der Waals surface area contributed by atoms with Crippen LogP contribution in [0, 0.1) is 5.92 Å². The molecule has 1 fully saturated rings. The third-order valence-corrected chi connectivity index (χ3v) is 1.61. The zero-order valence-electron chi connectivity index (χ0n) is 5.62. The normalized spacial score (nSPS) is 33.1. The van der Waals surface area contributed by atoms with Crippen molar-refractivity contribution >= 4 is 5.97 Å². The smallest absolute Gasteiger partial charge is 0.306 e. The molecule has 10 heavy (non-hydrogen) atoms. The second-order valence-electron chi connectivity index (χ2n) is 2.35. The van der Waals surface area contributed by atoms with Gasteiger partial charge in [-0.15, -0.1) is 6.58 Å². The fraction of sp³-hybridized carbons (Fsp3) is 0.571. The third-order valence-electron chi connectivity index (χ3n) is 1.61. The van der Waals surface area contributed by atoms with E-state index in [9.17, 15) is 4.79 Å². The van der Waals surface area contributed by atoms with Crippen LogP contribution in [0.5, 0.6) is 0 Å². The molecule has 0 radical (unpaired) electrons. The third kappa shape index (κ3) is 1.36. The summed E-state index contributed by atoms with van der Waals surface area (Å²) in [7, 11) is 0. The lowest BCUT2D eigenvalue weighted by atomic mass is 9.97. The van der Waals surface area contributed by atoms with Crippen molar-refractivity contribution in [3.05, 3.63) is 12.7 Å². The van der Waals surface area contributed by atoms with Crippen molar-refractivity contribution in [2.75, 3.05) is 6.61 Å². The molecule has 1 saturated heterocycles. The van der Waals surface area contributed by atoms with Crippen molar-refractivity contribution in [1.29, 1.82) is 0 Å². The first-order valence-electron chi connectivity index (χ1n) is 3.20. The monoisotopic (exact) mass is 142 g/mol. The summed E-state index contributed by atoms with van der Waals surface area (Å²) in [4.78, 5) is 10.6. The number of carbonyl (C=O) groups is 1. The van der Waals surface area contributed by atoms with E-state index in [0.717, 1.165) is 0 Å². The van der Waals surface area contributed by atoms with Gasteiger partial charge in [0, 0.05) is 5.92 Å². The molecule has 1 heterocycles. The molecule has 0 spiro atoms. The van der Waals surface area contributed by atoms with E-state index in [4.69, 9.17) is 5.11 Å². The van der Waals surface area contributed by atoms with Crippen LogP contribution >= 0.6 is 0 Å². The number of esters is 1. The first kappa shape index (κ1) is 7.28. The Hall–Kier alpha value is -0.830. The van der Waals surface area contributed by atoms with Crippen molar-refractivity contribution in [3.8, 4) is 0 Å². The Morgan fingerprint density at radius 3 is 3.00 bits per heavy atom. The van der Waals surface area contributed by atoms with Crippen LogP contribution in [-0.2, 0) is 9.53 Å². The Balaban J connectivity index is 2.53. The van der Waals surface area contributed by atoms with Gasteiger partial charge < -0.3 is 9.84 Å². The first-order chi connectivity index (χ1) is 4.74. The van der Waals surface area contributed by atoms with E-state index in [1.807, 2.05) is 0 Å². The predicted octanol–water partition coefficient (Wildman–Crippen LogP) is 0.0964. The van der Waals surface area contributed by atoms with E-state index >= 15 is 0 Å². The van der Waals surface area contributed by atoms with E-state index in [-0.39, 0.29) is 24.9 Å². The summed E-state index contributed by atoms with van der Waals surface area (Å²) in [5, 5.41) is 9.14. The van der Waals surface area contributed by atoms with Crippen LogP contribution in [0.4, 0.5) is 0 Å². The van der Waals surface area contributed by atoms with Crippen molar-refractivity contribution in [1.82, 2.24) is 0 Å². The van der Waals surface area contributed by atoms with Gasteiger partial charge in [0.25, 0.3) is 0 Å². The van der Waals surface area contributed by atoms with Crippen LogP contribution < -0.4 is 0 Å². The molecular formula is C7H10O3. The van der Waals surface area contributed by atoms with Crippen molar-refractivity contribution in [2.24, 2.45) is 5.92 Å². The lowest BCUT2D eigenvalue weighted by Gasteiger charge is -2.23. The van der Waals surface area contributed by atoms with Crippen molar-refractivity contribution in [2.45, 2.75) is 12.5 Å². The molecule has 1 aliphatic rings. The van der Waals surface area contributed by atoms with Crippen LogP contribution in [0.25, 0.3) is 0 Å². The Labute approximate surface area is 59.3 Å². The quantitative estimate of drug-likeness (QED) is 0.417. The fourth-order valence-electron chi connectivity index (χ4n) is 0.930. The molecule has 0 amide bonds. The molecular weight excluding hydrogens is 132 g/mol. The molecule has 0 aliphatic carbocycles. The zero-order valence-corrected chi connectivity index (χ0v) is 5.62. The van der Waals surface area contributed by atoms with E-state index in [1.165, 1.54) is 0 Å². The van der Waals surface area contributed by atoms with Gasteiger partial charge in [-0.3, -0.25) is 4.79 Å². The highest BCUT2D eigenvalue weighted by molar-refractivity contribution is 5.70. The molecule has 3 nitrogen and oxygen atoms in total. The molecule has 0 aromatic carbocycles. The number of carbonyl (C=O) groups excluding carboxylic acids is 1. The van der Waals surface area contributed by atoms with Crippen LogP contribution in [0.15, 0.2) is 12.7 Å². The SMILES string of the molecule is C=CC1CC(=O)OCC1O. The minimum Gasteiger partial charge on any atom is -0.463 e. The van der Waals surface area contributed by atoms with Gasteiger partial charge in [0.1, 0.15) is 6.61 Å². The average Bonchev–Trinajstić information content (AvgIpc) is 1.94. The van der Waals surface area contributed by atoms with Crippen LogP contribution in [0.1, 0.15) is 6.42 Å². The minimum atomic E-state index is -0.560. The van der Waals surface area contributed by atoms with Gasteiger partial charge in [0.2, 0.25) is 0 Å². The summed E-state index contributed by atoms with van der Waals surface area (Å²) in [6.45, 7) is 3.61. The maximum absolute atomic E-state index is 10.6. The lowest BCUT2D eigenvalue weighted by Crippen LogP contribution is -2.33. The maximum Gasteiger partial charge on any atom is 0.306 e. The van der Waals surface area contributed by atoms with Gasteiger partial charge in [-0.05, 0) is 0 Å². The number of aliphatic hydroxyl groups is 1. The summed E-state index contributed by atoms with van der Waals surface area (Å²) in [5.74, 6) is -0.378. The molecule has 1 aliphatic heterocycles. The Kier molecular flexibility index (Phi) is 2.06. The van der Waals surface area contributed by atoms with Gasteiger partial charge in [-0.2, -0.15) is 0 Å². The van der Waals surface area contributed by atoms with E-state index in [0.29, 0.717) is 0 Å². The molecule has 2 unspecified atom stereocenters. The van der Waals surface area contributed by atoms with E-state index in [2.05, 4.69) is 11.3 Å². The number of hydrogen-bond acceptors (Lipinski definition) is 3. The summed E-state index contributed by atoms with van der Waals surface area (Å²) < 4.78 is 4.59. The molecule has 0 aromatic rings.